The number of aromatic nitrogens is 3. The number of nitrogens with one attached hydrogen (secondary N) is 2. The van der Waals surface area contributed by atoms with E-state index in [-0.39, 0.29) is 5.91 Å². The molecule has 0 fully saturated rings. The average Bonchev–Trinajstić information content (AvgIpc) is 3.36. The molecule has 0 atom stereocenters. The van der Waals surface area contributed by atoms with Gasteiger partial charge in [-0.1, -0.05) is 30.3 Å². The summed E-state index contributed by atoms with van der Waals surface area (Å²) in [6.07, 6.45) is 5.84. The molecule has 1 aliphatic carbocycles. The summed E-state index contributed by atoms with van der Waals surface area (Å²) < 4.78 is 0. The number of hydrogen-bond acceptors (Lipinski definition) is 4. The number of aromatic amines is 1. The molecule has 2 N–H and O–H groups in total. The molecule has 1 aromatic carbocycles. The van der Waals surface area contributed by atoms with Crippen LogP contribution in [0.2, 0.25) is 0 Å². The molecule has 5 rings (SSSR count). The van der Waals surface area contributed by atoms with E-state index in [0.29, 0.717) is 12.2 Å². The van der Waals surface area contributed by atoms with Gasteiger partial charge < -0.3 is 10.2 Å². The number of nitrogens with zero attached hydrogens (tertiary/aromatic N) is 3. The summed E-state index contributed by atoms with van der Waals surface area (Å²) in [5.41, 5.74) is 6.53. The number of fused-ring (bicyclic) bond motifs is 2. The normalized spacial score (nSPS) is 15.2. The molecule has 6 heteroatoms. The van der Waals surface area contributed by atoms with E-state index in [2.05, 4.69) is 49.7 Å². The third-order valence-electron chi connectivity index (χ3n) is 5.76. The van der Waals surface area contributed by atoms with E-state index < -0.39 is 0 Å². The molecular weight excluding hydrogens is 350 g/mol. The molecule has 28 heavy (non-hydrogen) atoms. The van der Waals surface area contributed by atoms with Crippen LogP contribution in [0.5, 0.6) is 0 Å². The summed E-state index contributed by atoms with van der Waals surface area (Å²) in [7, 11) is 0. The van der Waals surface area contributed by atoms with Crippen LogP contribution < -0.4 is 10.2 Å². The van der Waals surface area contributed by atoms with Crippen LogP contribution >= 0.6 is 0 Å². The first-order valence-corrected chi connectivity index (χ1v) is 9.89. The van der Waals surface area contributed by atoms with Crippen LogP contribution in [0.4, 0.5) is 5.82 Å². The van der Waals surface area contributed by atoms with E-state index in [9.17, 15) is 4.79 Å². The fourth-order valence-corrected chi connectivity index (χ4v) is 4.30. The topological polar surface area (TPSA) is 73.9 Å². The summed E-state index contributed by atoms with van der Waals surface area (Å²) >= 11 is 0. The van der Waals surface area contributed by atoms with Gasteiger partial charge in [0.1, 0.15) is 5.82 Å². The number of benzene rings is 1. The van der Waals surface area contributed by atoms with E-state index in [1.165, 1.54) is 11.1 Å². The Balaban J connectivity index is 1.32. The number of anilines is 1. The lowest BCUT2D eigenvalue weighted by Crippen LogP contribution is -2.33. The highest BCUT2D eigenvalue weighted by atomic mass is 16.1. The van der Waals surface area contributed by atoms with Gasteiger partial charge in [0.25, 0.3) is 5.91 Å². The summed E-state index contributed by atoms with van der Waals surface area (Å²) in [6.45, 7) is 2.23. The Morgan fingerprint density at radius 1 is 1.11 bits per heavy atom. The molecule has 0 radical (unpaired) electrons. The lowest BCUT2D eigenvalue weighted by atomic mass is 9.99. The first kappa shape index (κ1) is 17.0. The predicted octanol–water partition coefficient (Wildman–Crippen LogP) is 2.79. The SMILES string of the molecule is O=C(NCc1cccnc1N1CCc2ccccc2C1)c1n[nH]c2c1CCC2. The molecule has 2 aromatic heterocycles. The third kappa shape index (κ3) is 3.05. The molecule has 142 valence electrons. The zero-order valence-corrected chi connectivity index (χ0v) is 15.7. The predicted molar refractivity (Wildman–Crippen MR) is 107 cm³/mol. The largest absolute Gasteiger partial charge is 0.352 e. The van der Waals surface area contributed by atoms with Crippen molar-refractivity contribution in [3.8, 4) is 0 Å². The van der Waals surface area contributed by atoms with Gasteiger partial charge >= 0.3 is 0 Å². The molecule has 1 aliphatic heterocycles. The summed E-state index contributed by atoms with van der Waals surface area (Å²) in [4.78, 5) is 19.6. The lowest BCUT2D eigenvalue weighted by molar-refractivity contribution is 0.0945. The van der Waals surface area contributed by atoms with Crippen molar-refractivity contribution in [2.45, 2.75) is 38.8 Å². The first-order chi connectivity index (χ1) is 13.8. The first-order valence-electron chi connectivity index (χ1n) is 9.89. The van der Waals surface area contributed by atoms with Gasteiger partial charge in [-0.15, -0.1) is 0 Å². The number of aryl methyl sites for hydroxylation is 1. The Kier molecular flexibility index (Phi) is 4.31. The fraction of sp³-hybridized carbons (Fsp3) is 0.318. The number of rotatable bonds is 4. The lowest BCUT2D eigenvalue weighted by Gasteiger charge is -2.31. The van der Waals surface area contributed by atoms with Gasteiger partial charge in [-0.3, -0.25) is 9.89 Å². The van der Waals surface area contributed by atoms with E-state index in [1.54, 1.807) is 0 Å². The summed E-state index contributed by atoms with van der Waals surface area (Å²) in [5, 5.41) is 10.3. The molecule has 3 aromatic rings. The number of carbonyl (C=O) groups excluding carboxylic acids is 1. The number of pyridine rings is 1. The molecule has 0 saturated heterocycles. The minimum atomic E-state index is -0.113. The Morgan fingerprint density at radius 3 is 2.93 bits per heavy atom. The van der Waals surface area contributed by atoms with Gasteiger partial charge in [-0.25, -0.2) is 4.98 Å². The van der Waals surface area contributed by atoms with Crippen LogP contribution in [0.25, 0.3) is 0 Å². The Bertz CT molecular complexity index is 1030. The Hall–Kier alpha value is -3.15. The summed E-state index contributed by atoms with van der Waals surface area (Å²) in [6, 6.07) is 12.5. The van der Waals surface area contributed by atoms with Crippen molar-refractivity contribution >= 4 is 11.7 Å². The number of H-pyrrole nitrogens is 1. The zero-order valence-electron chi connectivity index (χ0n) is 15.7. The summed E-state index contributed by atoms with van der Waals surface area (Å²) in [5.74, 6) is 0.836. The van der Waals surface area contributed by atoms with Crippen molar-refractivity contribution in [2.75, 3.05) is 11.4 Å². The number of carbonyl (C=O) groups is 1. The monoisotopic (exact) mass is 373 g/mol. The fourth-order valence-electron chi connectivity index (χ4n) is 4.30. The van der Waals surface area contributed by atoms with Crippen molar-refractivity contribution in [1.29, 1.82) is 0 Å². The molecule has 3 heterocycles. The van der Waals surface area contributed by atoms with Crippen molar-refractivity contribution < 1.29 is 4.79 Å². The highest BCUT2D eigenvalue weighted by Crippen LogP contribution is 2.26. The van der Waals surface area contributed by atoms with Crippen LogP contribution in [-0.4, -0.2) is 27.6 Å². The van der Waals surface area contributed by atoms with E-state index in [0.717, 1.165) is 61.4 Å². The van der Waals surface area contributed by atoms with Crippen LogP contribution in [0.3, 0.4) is 0 Å². The molecule has 6 nitrogen and oxygen atoms in total. The van der Waals surface area contributed by atoms with Gasteiger partial charge in [0.2, 0.25) is 0 Å². The second kappa shape index (κ2) is 7.11. The van der Waals surface area contributed by atoms with Crippen LogP contribution in [0.15, 0.2) is 42.6 Å². The number of hydrogen-bond donors (Lipinski definition) is 2. The van der Waals surface area contributed by atoms with Crippen molar-refractivity contribution in [1.82, 2.24) is 20.5 Å². The van der Waals surface area contributed by atoms with Crippen molar-refractivity contribution in [3.05, 3.63) is 76.2 Å². The Labute approximate surface area is 164 Å². The van der Waals surface area contributed by atoms with Crippen LogP contribution in [-0.2, 0) is 32.4 Å². The molecule has 1 amide bonds. The van der Waals surface area contributed by atoms with E-state index in [4.69, 9.17) is 0 Å². The second-order valence-electron chi connectivity index (χ2n) is 7.49. The maximum absolute atomic E-state index is 12.7. The van der Waals surface area contributed by atoms with Crippen LogP contribution in [0, 0.1) is 0 Å². The Morgan fingerprint density at radius 2 is 2.00 bits per heavy atom. The molecule has 0 spiro atoms. The minimum Gasteiger partial charge on any atom is -0.352 e. The molecule has 0 unspecified atom stereocenters. The average molecular weight is 373 g/mol. The maximum atomic E-state index is 12.7. The minimum absolute atomic E-state index is 0.113. The molecule has 2 aliphatic rings. The van der Waals surface area contributed by atoms with Gasteiger partial charge in [-0.05, 0) is 42.9 Å². The maximum Gasteiger partial charge on any atom is 0.272 e. The quantitative estimate of drug-likeness (QED) is 0.738. The molecule has 0 saturated carbocycles. The smallest absolute Gasteiger partial charge is 0.272 e. The van der Waals surface area contributed by atoms with Crippen LogP contribution in [0.1, 0.15) is 44.9 Å². The third-order valence-corrected chi connectivity index (χ3v) is 5.76. The van der Waals surface area contributed by atoms with Gasteiger partial charge in [0, 0.05) is 42.7 Å². The van der Waals surface area contributed by atoms with Gasteiger partial charge in [0.15, 0.2) is 5.69 Å². The van der Waals surface area contributed by atoms with Crippen molar-refractivity contribution in [2.24, 2.45) is 0 Å². The second-order valence-corrected chi connectivity index (χ2v) is 7.49. The molecular formula is C22H23N5O. The van der Waals surface area contributed by atoms with Crippen molar-refractivity contribution in [3.63, 3.8) is 0 Å². The van der Waals surface area contributed by atoms with E-state index >= 15 is 0 Å². The standard InChI is InChI=1S/C22H23N5O/c28-22(20-18-8-3-9-19(18)25-26-20)24-13-16-7-4-11-23-21(16)27-12-10-15-5-1-2-6-17(15)14-27/h1-2,4-7,11H,3,8-10,12-14H2,(H,24,28)(H,25,26). The molecule has 0 bridgehead atoms. The highest BCUT2D eigenvalue weighted by Gasteiger charge is 2.24. The number of amides is 1. The van der Waals surface area contributed by atoms with E-state index in [1.807, 2.05) is 18.3 Å². The van der Waals surface area contributed by atoms with Gasteiger partial charge in [-0.2, -0.15) is 5.10 Å². The highest BCUT2D eigenvalue weighted by molar-refractivity contribution is 5.94. The van der Waals surface area contributed by atoms with Gasteiger partial charge in [0.05, 0.1) is 0 Å². The zero-order chi connectivity index (χ0) is 18.9.